The molecule has 1 unspecified atom stereocenters. The second-order valence-electron chi connectivity index (χ2n) is 6.50. The zero-order chi connectivity index (χ0) is 16.1. The molecule has 0 bridgehead atoms. The minimum absolute atomic E-state index is 0.0793. The first-order valence-electron chi connectivity index (χ1n) is 8.25. The van der Waals surface area contributed by atoms with Crippen molar-refractivity contribution in [3.8, 4) is 0 Å². The monoisotopic (exact) mass is 311 g/mol. The van der Waals surface area contributed by atoms with E-state index in [-0.39, 0.29) is 12.0 Å². The highest BCUT2D eigenvalue weighted by atomic mass is 16.7. The molecule has 1 aliphatic heterocycles. The van der Waals surface area contributed by atoms with Gasteiger partial charge in [0, 0.05) is 19.0 Å². The SMILES string of the molecule is CC1(C)OC[C@@H](C(CNCc2ccccc2)c2ccccc2)O1. The van der Waals surface area contributed by atoms with E-state index in [1.165, 1.54) is 11.1 Å². The average molecular weight is 311 g/mol. The number of rotatable bonds is 6. The van der Waals surface area contributed by atoms with E-state index in [1.54, 1.807) is 0 Å². The number of benzene rings is 2. The zero-order valence-electron chi connectivity index (χ0n) is 13.9. The van der Waals surface area contributed by atoms with Gasteiger partial charge in [0.15, 0.2) is 5.79 Å². The molecule has 1 aliphatic rings. The Morgan fingerprint density at radius 2 is 1.70 bits per heavy atom. The zero-order valence-corrected chi connectivity index (χ0v) is 13.9. The first-order chi connectivity index (χ1) is 11.1. The molecule has 0 saturated carbocycles. The maximum absolute atomic E-state index is 6.11. The molecule has 23 heavy (non-hydrogen) atoms. The van der Waals surface area contributed by atoms with Gasteiger partial charge in [-0.25, -0.2) is 0 Å². The maximum atomic E-state index is 6.11. The number of ether oxygens (including phenoxy) is 2. The van der Waals surface area contributed by atoms with Crippen molar-refractivity contribution in [3.05, 3.63) is 71.8 Å². The Hall–Kier alpha value is -1.68. The molecule has 2 aromatic carbocycles. The van der Waals surface area contributed by atoms with Crippen LogP contribution in [0.2, 0.25) is 0 Å². The third-order valence-corrected chi connectivity index (χ3v) is 4.24. The lowest BCUT2D eigenvalue weighted by molar-refractivity contribution is -0.140. The molecular formula is C20H25NO2. The standard InChI is InChI=1S/C20H25NO2/c1-20(2)22-15-19(23-20)18(17-11-7-4-8-12-17)14-21-13-16-9-5-3-6-10-16/h3-12,18-19,21H,13-15H2,1-2H3/t18?,19-/m0/s1. The van der Waals surface area contributed by atoms with Crippen molar-refractivity contribution in [2.75, 3.05) is 13.2 Å². The Morgan fingerprint density at radius 1 is 1.04 bits per heavy atom. The molecular weight excluding hydrogens is 286 g/mol. The topological polar surface area (TPSA) is 30.5 Å². The van der Waals surface area contributed by atoms with Gasteiger partial charge in [-0.3, -0.25) is 0 Å². The van der Waals surface area contributed by atoms with E-state index >= 15 is 0 Å². The first kappa shape index (κ1) is 16.2. The molecule has 0 amide bonds. The number of hydrogen-bond acceptors (Lipinski definition) is 3. The highest BCUT2D eigenvalue weighted by Gasteiger charge is 2.37. The predicted octanol–water partition coefficient (Wildman–Crippen LogP) is 3.71. The first-order valence-corrected chi connectivity index (χ1v) is 8.25. The van der Waals surface area contributed by atoms with Crippen LogP contribution >= 0.6 is 0 Å². The van der Waals surface area contributed by atoms with Crippen LogP contribution in [0, 0.1) is 0 Å². The summed E-state index contributed by atoms with van der Waals surface area (Å²) in [5, 5.41) is 3.57. The quantitative estimate of drug-likeness (QED) is 0.882. The Bertz CT molecular complexity index is 598. The Labute approximate surface area is 138 Å². The van der Waals surface area contributed by atoms with Crippen molar-refractivity contribution in [1.29, 1.82) is 0 Å². The van der Waals surface area contributed by atoms with E-state index < -0.39 is 5.79 Å². The summed E-state index contributed by atoms with van der Waals surface area (Å²) < 4.78 is 11.9. The highest BCUT2D eigenvalue weighted by molar-refractivity contribution is 5.22. The average Bonchev–Trinajstić information content (AvgIpc) is 2.93. The molecule has 1 N–H and O–H groups in total. The van der Waals surface area contributed by atoms with Crippen LogP contribution in [0.1, 0.15) is 30.9 Å². The summed E-state index contributed by atoms with van der Waals surface area (Å²) in [5.74, 6) is -0.210. The van der Waals surface area contributed by atoms with Gasteiger partial charge >= 0.3 is 0 Å². The third kappa shape index (κ3) is 4.41. The second kappa shape index (κ2) is 7.26. The van der Waals surface area contributed by atoms with Crippen molar-refractivity contribution >= 4 is 0 Å². The van der Waals surface area contributed by atoms with E-state index in [0.717, 1.165) is 13.1 Å². The van der Waals surface area contributed by atoms with Crippen LogP contribution in [0.25, 0.3) is 0 Å². The summed E-state index contributed by atoms with van der Waals surface area (Å²) >= 11 is 0. The summed E-state index contributed by atoms with van der Waals surface area (Å²) in [5.41, 5.74) is 2.59. The van der Waals surface area contributed by atoms with E-state index in [1.807, 2.05) is 26.0 Å². The van der Waals surface area contributed by atoms with Crippen molar-refractivity contribution in [2.45, 2.75) is 38.2 Å². The smallest absolute Gasteiger partial charge is 0.163 e. The van der Waals surface area contributed by atoms with Gasteiger partial charge in [-0.05, 0) is 25.0 Å². The molecule has 0 aromatic heterocycles. The predicted molar refractivity (Wildman–Crippen MR) is 92.2 cm³/mol. The van der Waals surface area contributed by atoms with Crippen molar-refractivity contribution < 1.29 is 9.47 Å². The molecule has 1 fully saturated rings. The summed E-state index contributed by atoms with van der Waals surface area (Å²) in [6.45, 7) is 6.32. The molecule has 0 radical (unpaired) electrons. The molecule has 3 nitrogen and oxygen atoms in total. The Balaban J connectivity index is 1.66. The summed E-state index contributed by atoms with van der Waals surface area (Å²) in [6.07, 6.45) is 0.0793. The Kier molecular flexibility index (Phi) is 5.11. The van der Waals surface area contributed by atoms with Gasteiger partial charge in [-0.2, -0.15) is 0 Å². The van der Waals surface area contributed by atoms with Crippen LogP contribution in [0.3, 0.4) is 0 Å². The fraction of sp³-hybridized carbons (Fsp3) is 0.400. The minimum Gasteiger partial charge on any atom is -0.348 e. The van der Waals surface area contributed by atoms with Gasteiger partial charge in [0.05, 0.1) is 12.7 Å². The number of nitrogens with one attached hydrogen (secondary N) is 1. The Morgan fingerprint density at radius 3 is 2.30 bits per heavy atom. The second-order valence-corrected chi connectivity index (χ2v) is 6.50. The number of hydrogen-bond donors (Lipinski definition) is 1. The van der Waals surface area contributed by atoms with Crippen LogP contribution in [-0.2, 0) is 16.0 Å². The highest BCUT2D eigenvalue weighted by Crippen LogP contribution is 2.31. The summed E-state index contributed by atoms with van der Waals surface area (Å²) in [4.78, 5) is 0. The molecule has 1 heterocycles. The molecule has 2 aromatic rings. The van der Waals surface area contributed by atoms with E-state index in [0.29, 0.717) is 6.61 Å². The molecule has 2 atom stereocenters. The largest absolute Gasteiger partial charge is 0.348 e. The van der Waals surface area contributed by atoms with Gasteiger partial charge in [0.1, 0.15) is 0 Å². The molecule has 3 rings (SSSR count). The van der Waals surface area contributed by atoms with Crippen molar-refractivity contribution in [2.24, 2.45) is 0 Å². The van der Waals surface area contributed by atoms with Gasteiger partial charge in [-0.15, -0.1) is 0 Å². The van der Waals surface area contributed by atoms with E-state index in [4.69, 9.17) is 9.47 Å². The summed E-state index contributed by atoms with van der Waals surface area (Å²) in [6, 6.07) is 21.0. The minimum atomic E-state index is -0.489. The maximum Gasteiger partial charge on any atom is 0.163 e. The molecule has 0 aliphatic carbocycles. The fourth-order valence-electron chi connectivity index (χ4n) is 3.05. The molecule has 122 valence electrons. The van der Waals surface area contributed by atoms with Crippen molar-refractivity contribution in [1.82, 2.24) is 5.32 Å². The third-order valence-electron chi connectivity index (χ3n) is 4.24. The lowest BCUT2D eigenvalue weighted by atomic mass is 9.93. The van der Waals surface area contributed by atoms with Crippen molar-refractivity contribution in [3.63, 3.8) is 0 Å². The molecule has 0 spiro atoms. The molecule has 1 saturated heterocycles. The molecule has 3 heteroatoms. The van der Waals surface area contributed by atoms with Gasteiger partial charge < -0.3 is 14.8 Å². The lowest BCUT2D eigenvalue weighted by Gasteiger charge is -2.25. The normalized spacial score (nSPS) is 21.2. The van der Waals surface area contributed by atoms with E-state index in [9.17, 15) is 0 Å². The van der Waals surface area contributed by atoms with Gasteiger partial charge in [0.25, 0.3) is 0 Å². The van der Waals surface area contributed by atoms with Gasteiger partial charge in [-0.1, -0.05) is 60.7 Å². The van der Waals surface area contributed by atoms with E-state index in [2.05, 4.69) is 53.8 Å². The van der Waals surface area contributed by atoms with Crippen LogP contribution < -0.4 is 5.32 Å². The van der Waals surface area contributed by atoms with Crippen LogP contribution in [-0.4, -0.2) is 25.0 Å². The lowest BCUT2D eigenvalue weighted by Crippen LogP contribution is -2.32. The van der Waals surface area contributed by atoms with Crippen LogP contribution in [0.4, 0.5) is 0 Å². The van der Waals surface area contributed by atoms with Crippen LogP contribution in [0.5, 0.6) is 0 Å². The van der Waals surface area contributed by atoms with Gasteiger partial charge in [0.2, 0.25) is 0 Å². The van der Waals surface area contributed by atoms with Crippen LogP contribution in [0.15, 0.2) is 60.7 Å². The fourth-order valence-corrected chi connectivity index (χ4v) is 3.05. The summed E-state index contributed by atoms with van der Waals surface area (Å²) in [7, 11) is 0.